The lowest BCUT2D eigenvalue weighted by molar-refractivity contribution is 0.313. The molecule has 3 N–H and O–H groups in total. The van der Waals surface area contributed by atoms with Crippen LogP contribution in [0.1, 0.15) is 33.6 Å². The number of hydrogen-bond acceptors (Lipinski definition) is 3. The molecule has 74 valence electrons. The number of rotatable bonds is 0. The van der Waals surface area contributed by atoms with Gasteiger partial charge in [0, 0.05) is 0 Å². The lowest BCUT2D eigenvalue weighted by Gasteiger charge is -2.29. The van der Waals surface area contributed by atoms with Crippen LogP contribution in [0.5, 0.6) is 0 Å². The SMILES string of the molecule is CC1CC(C)(C)CC12CN=C(N)N2. The van der Waals surface area contributed by atoms with Crippen LogP contribution in [0.3, 0.4) is 0 Å². The van der Waals surface area contributed by atoms with Gasteiger partial charge in [0.05, 0.1) is 12.1 Å². The second-order valence-electron chi connectivity index (χ2n) is 5.43. The van der Waals surface area contributed by atoms with Crippen LogP contribution in [0.15, 0.2) is 4.99 Å². The van der Waals surface area contributed by atoms with Crippen molar-refractivity contribution in [3.05, 3.63) is 0 Å². The summed E-state index contributed by atoms with van der Waals surface area (Å²) in [6.07, 6.45) is 2.45. The summed E-state index contributed by atoms with van der Waals surface area (Å²) in [6.45, 7) is 7.82. The third-order valence-electron chi connectivity index (χ3n) is 3.50. The first-order valence-electron chi connectivity index (χ1n) is 5.02. The summed E-state index contributed by atoms with van der Waals surface area (Å²) in [6, 6.07) is 0. The van der Waals surface area contributed by atoms with E-state index in [2.05, 4.69) is 31.1 Å². The fourth-order valence-electron chi connectivity index (χ4n) is 3.06. The monoisotopic (exact) mass is 181 g/mol. The van der Waals surface area contributed by atoms with E-state index in [0.29, 0.717) is 17.3 Å². The molecule has 0 saturated heterocycles. The van der Waals surface area contributed by atoms with Crippen molar-refractivity contribution in [3.8, 4) is 0 Å². The number of nitrogens with one attached hydrogen (secondary N) is 1. The van der Waals surface area contributed by atoms with E-state index in [-0.39, 0.29) is 5.54 Å². The zero-order valence-electron chi connectivity index (χ0n) is 8.72. The van der Waals surface area contributed by atoms with Gasteiger partial charge in [-0.1, -0.05) is 20.8 Å². The lowest BCUT2D eigenvalue weighted by atomic mass is 9.87. The summed E-state index contributed by atoms with van der Waals surface area (Å²) < 4.78 is 0. The maximum Gasteiger partial charge on any atom is 0.189 e. The molecule has 2 aliphatic rings. The minimum absolute atomic E-state index is 0.174. The Kier molecular flexibility index (Phi) is 1.63. The van der Waals surface area contributed by atoms with Gasteiger partial charge in [-0.2, -0.15) is 0 Å². The molecule has 3 heteroatoms. The molecule has 2 unspecified atom stereocenters. The fourth-order valence-corrected chi connectivity index (χ4v) is 3.06. The Balaban J connectivity index is 2.18. The summed E-state index contributed by atoms with van der Waals surface area (Å²) >= 11 is 0. The third-order valence-corrected chi connectivity index (χ3v) is 3.50. The van der Waals surface area contributed by atoms with Crippen LogP contribution in [0.4, 0.5) is 0 Å². The third kappa shape index (κ3) is 1.30. The van der Waals surface area contributed by atoms with Gasteiger partial charge in [-0.15, -0.1) is 0 Å². The highest BCUT2D eigenvalue weighted by molar-refractivity contribution is 5.80. The van der Waals surface area contributed by atoms with E-state index >= 15 is 0 Å². The van der Waals surface area contributed by atoms with E-state index in [9.17, 15) is 0 Å². The van der Waals surface area contributed by atoms with E-state index in [1.807, 2.05) is 0 Å². The van der Waals surface area contributed by atoms with Crippen LogP contribution >= 0.6 is 0 Å². The summed E-state index contributed by atoms with van der Waals surface area (Å²) in [5.41, 5.74) is 6.29. The number of guanidine groups is 1. The van der Waals surface area contributed by atoms with E-state index < -0.39 is 0 Å². The molecule has 13 heavy (non-hydrogen) atoms. The van der Waals surface area contributed by atoms with Gasteiger partial charge < -0.3 is 11.1 Å². The first-order valence-corrected chi connectivity index (χ1v) is 5.02. The zero-order valence-corrected chi connectivity index (χ0v) is 8.72. The number of aliphatic imine (C=N–C) groups is 1. The predicted octanol–water partition coefficient (Wildman–Crippen LogP) is 1.10. The van der Waals surface area contributed by atoms with Crippen LogP contribution in [-0.2, 0) is 0 Å². The molecule has 0 bridgehead atoms. The van der Waals surface area contributed by atoms with Gasteiger partial charge in [0.2, 0.25) is 0 Å². The molecule has 2 atom stereocenters. The highest BCUT2D eigenvalue weighted by atomic mass is 15.2. The fraction of sp³-hybridized carbons (Fsp3) is 0.900. The molecule has 2 rings (SSSR count). The normalized spacial score (nSPS) is 42.1. The average molecular weight is 181 g/mol. The van der Waals surface area contributed by atoms with Crippen LogP contribution in [0, 0.1) is 11.3 Å². The van der Waals surface area contributed by atoms with Gasteiger partial charge in [-0.05, 0) is 24.2 Å². The molecule has 3 nitrogen and oxygen atoms in total. The molecule has 0 aromatic rings. The predicted molar refractivity (Wildman–Crippen MR) is 54.5 cm³/mol. The van der Waals surface area contributed by atoms with E-state index in [4.69, 9.17) is 5.73 Å². The molecule has 1 saturated carbocycles. The second kappa shape index (κ2) is 2.40. The van der Waals surface area contributed by atoms with E-state index in [0.717, 1.165) is 6.54 Å². The minimum atomic E-state index is 0.174. The molecule has 1 aliphatic heterocycles. The molecule has 1 fully saturated rings. The van der Waals surface area contributed by atoms with Crippen LogP contribution in [0.2, 0.25) is 0 Å². The van der Waals surface area contributed by atoms with Crippen molar-refractivity contribution < 1.29 is 0 Å². The maximum atomic E-state index is 5.68. The molecule has 0 aromatic carbocycles. The standard InChI is InChI=1S/C10H19N3/c1-7-4-9(2,3)5-10(7)6-12-8(11)13-10/h7H,4-6H2,1-3H3,(H3,11,12,13). The number of nitrogens with zero attached hydrogens (tertiary/aromatic N) is 1. The highest BCUT2D eigenvalue weighted by Crippen LogP contribution is 2.48. The number of hydrogen-bond donors (Lipinski definition) is 2. The van der Waals surface area contributed by atoms with Gasteiger partial charge in [-0.25, -0.2) is 0 Å². The van der Waals surface area contributed by atoms with Gasteiger partial charge in [0.15, 0.2) is 5.96 Å². The largest absolute Gasteiger partial charge is 0.370 e. The lowest BCUT2D eigenvalue weighted by Crippen LogP contribution is -2.50. The number of nitrogens with two attached hydrogens (primary N) is 1. The molecule has 1 spiro atoms. The maximum absolute atomic E-state index is 5.68. The molecule has 1 aliphatic carbocycles. The summed E-state index contributed by atoms with van der Waals surface area (Å²) in [5.74, 6) is 1.30. The van der Waals surface area contributed by atoms with E-state index in [1.54, 1.807) is 0 Å². The Morgan fingerprint density at radius 2 is 2.23 bits per heavy atom. The molecule has 0 radical (unpaired) electrons. The topological polar surface area (TPSA) is 50.4 Å². The summed E-state index contributed by atoms with van der Waals surface area (Å²) in [4.78, 5) is 4.27. The van der Waals surface area contributed by atoms with Crippen LogP contribution in [-0.4, -0.2) is 18.0 Å². The van der Waals surface area contributed by atoms with Crippen LogP contribution in [0.25, 0.3) is 0 Å². The smallest absolute Gasteiger partial charge is 0.189 e. The summed E-state index contributed by atoms with van der Waals surface area (Å²) in [5, 5.41) is 3.36. The van der Waals surface area contributed by atoms with E-state index in [1.165, 1.54) is 12.8 Å². The Labute approximate surface area is 79.8 Å². The summed E-state index contributed by atoms with van der Waals surface area (Å²) in [7, 11) is 0. The minimum Gasteiger partial charge on any atom is -0.370 e. The van der Waals surface area contributed by atoms with Gasteiger partial charge >= 0.3 is 0 Å². The Morgan fingerprint density at radius 1 is 1.54 bits per heavy atom. The van der Waals surface area contributed by atoms with Crippen molar-refractivity contribution in [3.63, 3.8) is 0 Å². The van der Waals surface area contributed by atoms with Crippen molar-refractivity contribution in [2.24, 2.45) is 22.1 Å². The molecule has 1 heterocycles. The molecular weight excluding hydrogens is 162 g/mol. The first kappa shape index (κ1) is 8.85. The molecular formula is C10H19N3. The van der Waals surface area contributed by atoms with Crippen LogP contribution < -0.4 is 11.1 Å². The Morgan fingerprint density at radius 3 is 2.62 bits per heavy atom. The second-order valence-corrected chi connectivity index (χ2v) is 5.43. The highest BCUT2D eigenvalue weighted by Gasteiger charge is 2.50. The Hall–Kier alpha value is -0.730. The zero-order chi connectivity index (χ0) is 9.69. The van der Waals surface area contributed by atoms with Crippen molar-refractivity contribution in [1.29, 1.82) is 0 Å². The van der Waals surface area contributed by atoms with Gasteiger partial charge in [-0.3, -0.25) is 4.99 Å². The Bertz CT molecular complexity index is 257. The van der Waals surface area contributed by atoms with Crippen molar-refractivity contribution in [1.82, 2.24) is 5.32 Å². The quantitative estimate of drug-likeness (QED) is 0.588. The van der Waals surface area contributed by atoms with Crippen molar-refractivity contribution >= 4 is 5.96 Å². The average Bonchev–Trinajstić information content (AvgIpc) is 2.39. The van der Waals surface area contributed by atoms with Crippen molar-refractivity contribution in [2.45, 2.75) is 39.2 Å². The molecule has 0 aromatic heterocycles. The van der Waals surface area contributed by atoms with Crippen molar-refractivity contribution in [2.75, 3.05) is 6.54 Å². The van der Waals surface area contributed by atoms with Gasteiger partial charge in [0.25, 0.3) is 0 Å². The molecule has 0 amide bonds. The van der Waals surface area contributed by atoms with Gasteiger partial charge in [0.1, 0.15) is 0 Å². The first-order chi connectivity index (χ1) is 5.94.